The van der Waals surface area contributed by atoms with Crippen LogP contribution in [0.15, 0.2) is 71.1 Å². The molecule has 3 rings (SSSR count). The molecule has 1 heterocycles. The van der Waals surface area contributed by atoms with Crippen LogP contribution in [0.5, 0.6) is 0 Å². The van der Waals surface area contributed by atoms with Gasteiger partial charge in [-0.15, -0.1) is 11.3 Å². The first-order valence-corrected chi connectivity index (χ1v) is 10.5. The number of nitrogens with one attached hydrogen (secondary N) is 2. The predicted molar refractivity (Wildman–Crippen MR) is 110 cm³/mol. The summed E-state index contributed by atoms with van der Waals surface area (Å²) in [5, 5.41) is 15.3. The normalized spacial score (nSPS) is 11.3. The third kappa shape index (κ3) is 5.46. The summed E-state index contributed by atoms with van der Waals surface area (Å²) in [6, 6.07) is 11.5. The summed E-state index contributed by atoms with van der Waals surface area (Å²) in [4.78, 5) is 26.2. The first kappa shape index (κ1) is 20.2. The van der Waals surface area contributed by atoms with E-state index in [1.54, 1.807) is 11.4 Å². The quantitative estimate of drug-likeness (QED) is 0.335. The van der Waals surface area contributed by atoms with Gasteiger partial charge in [-0.05, 0) is 35.9 Å². The predicted octanol–water partition coefficient (Wildman–Crippen LogP) is 3.50. The van der Waals surface area contributed by atoms with Gasteiger partial charge < -0.3 is 5.32 Å². The van der Waals surface area contributed by atoms with Crippen LogP contribution >= 0.6 is 11.3 Å². The Morgan fingerprint density at radius 3 is 2.59 bits per heavy atom. The molecule has 29 heavy (non-hydrogen) atoms. The molecule has 0 saturated carbocycles. The summed E-state index contributed by atoms with van der Waals surface area (Å²) < 4.78 is 26.9. The van der Waals surface area contributed by atoms with Gasteiger partial charge in [0.25, 0.3) is 15.7 Å². The molecular weight excluding hydrogens is 416 g/mol. The number of thiazole rings is 1. The van der Waals surface area contributed by atoms with Gasteiger partial charge in [0.15, 0.2) is 5.13 Å². The third-order valence-corrected chi connectivity index (χ3v) is 5.77. The fourth-order valence-corrected chi connectivity index (χ4v) is 4.05. The van der Waals surface area contributed by atoms with Gasteiger partial charge in [0.2, 0.25) is 5.91 Å². The van der Waals surface area contributed by atoms with Crippen molar-refractivity contribution in [3.63, 3.8) is 0 Å². The van der Waals surface area contributed by atoms with E-state index in [1.165, 1.54) is 60.8 Å². The van der Waals surface area contributed by atoms with Gasteiger partial charge in [0, 0.05) is 35.5 Å². The van der Waals surface area contributed by atoms with Crippen LogP contribution in [0.1, 0.15) is 5.56 Å². The number of nitro benzene ring substituents is 1. The Balaban J connectivity index is 1.64. The Morgan fingerprint density at radius 1 is 1.17 bits per heavy atom. The smallest absolute Gasteiger partial charge is 0.270 e. The highest BCUT2D eigenvalue weighted by Gasteiger charge is 2.15. The number of carbonyl (C=O) groups excluding carboxylic acids is 1. The van der Waals surface area contributed by atoms with Crippen molar-refractivity contribution in [2.24, 2.45) is 0 Å². The monoisotopic (exact) mass is 430 g/mol. The zero-order chi connectivity index (χ0) is 20.9. The van der Waals surface area contributed by atoms with Gasteiger partial charge in [0.1, 0.15) is 0 Å². The molecule has 3 aromatic rings. The lowest BCUT2D eigenvalue weighted by Crippen LogP contribution is -2.13. The first-order chi connectivity index (χ1) is 13.8. The van der Waals surface area contributed by atoms with E-state index in [0.717, 1.165) is 11.3 Å². The van der Waals surface area contributed by atoms with Crippen LogP contribution in [-0.2, 0) is 14.8 Å². The average Bonchev–Trinajstić information content (AvgIpc) is 3.19. The number of rotatable bonds is 7. The molecule has 0 aliphatic heterocycles. The number of amides is 1. The molecule has 0 radical (unpaired) electrons. The van der Waals surface area contributed by atoms with Crippen molar-refractivity contribution >= 4 is 49.8 Å². The molecule has 2 N–H and O–H groups in total. The van der Waals surface area contributed by atoms with E-state index in [2.05, 4.69) is 15.0 Å². The minimum atomic E-state index is -3.77. The lowest BCUT2D eigenvalue weighted by atomic mass is 10.2. The molecule has 0 saturated heterocycles. The van der Waals surface area contributed by atoms with Crippen LogP contribution in [0, 0.1) is 10.1 Å². The lowest BCUT2D eigenvalue weighted by Gasteiger charge is -2.07. The summed E-state index contributed by atoms with van der Waals surface area (Å²) in [6.45, 7) is 0. The second-order valence-corrected chi connectivity index (χ2v) is 8.22. The number of non-ortho nitro benzene ring substituents is 1. The van der Waals surface area contributed by atoms with E-state index in [4.69, 9.17) is 0 Å². The maximum atomic E-state index is 12.3. The van der Waals surface area contributed by atoms with E-state index in [1.807, 2.05) is 0 Å². The van der Waals surface area contributed by atoms with Crippen LogP contribution in [0.25, 0.3) is 6.08 Å². The summed E-state index contributed by atoms with van der Waals surface area (Å²) in [5.41, 5.74) is 0.826. The van der Waals surface area contributed by atoms with Gasteiger partial charge in [-0.3, -0.25) is 19.6 Å². The standard InChI is InChI=1S/C18H14N4O5S2/c23-17(9-4-13-2-1-3-15(12-13)22(24)25)20-14-5-7-16(8-6-14)29(26,27)21-18-19-10-11-28-18/h1-12H,(H,19,21)(H,20,23)/b9-4-. The van der Waals surface area contributed by atoms with Gasteiger partial charge in [0.05, 0.1) is 9.82 Å². The van der Waals surface area contributed by atoms with E-state index in [-0.39, 0.29) is 15.7 Å². The van der Waals surface area contributed by atoms with Crippen LogP contribution in [0.3, 0.4) is 0 Å². The molecular formula is C18H14N4O5S2. The number of carbonyl (C=O) groups is 1. The van der Waals surface area contributed by atoms with Crippen molar-refractivity contribution in [2.75, 3.05) is 10.0 Å². The van der Waals surface area contributed by atoms with Gasteiger partial charge in [-0.2, -0.15) is 0 Å². The van der Waals surface area contributed by atoms with Crippen LogP contribution in [-0.4, -0.2) is 24.2 Å². The number of hydrogen-bond acceptors (Lipinski definition) is 7. The van der Waals surface area contributed by atoms with Crippen molar-refractivity contribution in [1.82, 2.24) is 4.98 Å². The summed E-state index contributed by atoms with van der Waals surface area (Å²) in [6.07, 6.45) is 4.16. The summed E-state index contributed by atoms with van der Waals surface area (Å²) in [5.74, 6) is -0.465. The Bertz CT molecular complexity index is 1160. The largest absolute Gasteiger partial charge is 0.323 e. The fraction of sp³-hybridized carbons (Fsp3) is 0. The van der Waals surface area contributed by atoms with Gasteiger partial charge in [-0.1, -0.05) is 12.1 Å². The van der Waals surface area contributed by atoms with Crippen molar-refractivity contribution in [3.05, 3.63) is 81.9 Å². The zero-order valence-electron chi connectivity index (χ0n) is 14.7. The second-order valence-electron chi connectivity index (χ2n) is 5.64. The summed E-state index contributed by atoms with van der Waals surface area (Å²) >= 11 is 1.16. The average molecular weight is 430 g/mol. The molecule has 0 bridgehead atoms. The molecule has 1 aromatic heterocycles. The lowest BCUT2D eigenvalue weighted by molar-refractivity contribution is -0.384. The molecule has 2 aromatic carbocycles. The molecule has 11 heteroatoms. The SMILES string of the molecule is O=C(/C=C\c1cccc([N+](=O)[O-])c1)Nc1ccc(S(=O)(=O)Nc2nccs2)cc1. The molecule has 0 fully saturated rings. The minimum absolute atomic E-state index is 0.0258. The Morgan fingerprint density at radius 2 is 1.93 bits per heavy atom. The molecule has 148 valence electrons. The van der Waals surface area contributed by atoms with Gasteiger partial charge >= 0.3 is 0 Å². The van der Waals surface area contributed by atoms with E-state index in [0.29, 0.717) is 11.3 Å². The zero-order valence-corrected chi connectivity index (χ0v) is 16.3. The molecule has 1 amide bonds. The van der Waals surface area contributed by atoms with Crippen molar-refractivity contribution < 1.29 is 18.1 Å². The molecule has 0 unspecified atom stereocenters. The van der Waals surface area contributed by atoms with E-state index < -0.39 is 20.9 Å². The number of anilines is 2. The molecule has 0 spiro atoms. The summed E-state index contributed by atoms with van der Waals surface area (Å²) in [7, 11) is -3.77. The maximum Gasteiger partial charge on any atom is 0.270 e. The number of nitro groups is 1. The van der Waals surface area contributed by atoms with Crippen LogP contribution in [0.4, 0.5) is 16.5 Å². The van der Waals surface area contributed by atoms with Crippen molar-refractivity contribution in [2.45, 2.75) is 4.90 Å². The van der Waals surface area contributed by atoms with Crippen molar-refractivity contribution in [3.8, 4) is 0 Å². The Hall–Kier alpha value is -3.57. The van der Waals surface area contributed by atoms with E-state index in [9.17, 15) is 23.3 Å². The highest BCUT2D eigenvalue weighted by Crippen LogP contribution is 2.20. The highest BCUT2D eigenvalue weighted by molar-refractivity contribution is 7.93. The molecule has 0 aliphatic rings. The number of benzene rings is 2. The second kappa shape index (κ2) is 8.63. The number of aromatic nitrogens is 1. The third-order valence-electron chi connectivity index (χ3n) is 3.59. The van der Waals surface area contributed by atoms with Crippen LogP contribution < -0.4 is 10.0 Å². The topological polar surface area (TPSA) is 131 Å². The number of nitrogens with zero attached hydrogens (tertiary/aromatic N) is 2. The Labute approximate surface area is 169 Å². The minimum Gasteiger partial charge on any atom is -0.323 e. The fourth-order valence-electron chi connectivity index (χ4n) is 2.26. The first-order valence-electron chi connectivity index (χ1n) is 8.09. The van der Waals surface area contributed by atoms with Crippen LogP contribution in [0.2, 0.25) is 0 Å². The number of sulfonamides is 1. The van der Waals surface area contributed by atoms with Crippen molar-refractivity contribution in [1.29, 1.82) is 0 Å². The highest BCUT2D eigenvalue weighted by atomic mass is 32.2. The maximum absolute atomic E-state index is 12.3. The molecule has 9 nitrogen and oxygen atoms in total. The Kier molecular flexibility index (Phi) is 6.00. The molecule has 0 atom stereocenters. The number of hydrogen-bond donors (Lipinski definition) is 2. The van der Waals surface area contributed by atoms with E-state index >= 15 is 0 Å². The molecule has 0 aliphatic carbocycles. The van der Waals surface area contributed by atoms with Gasteiger partial charge in [-0.25, -0.2) is 13.4 Å².